The monoisotopic (exact) mass is 310 g/mol. The van der Waals surface area contributed by atoms with Crippen LogP contribution in [0.1, 0.15) is 71.1 Å². The lowest BCUT2D eigenvalue weighted by molar-refractivity contribution is -0.131. The zero-order chi connectivity index (χ0) is 16.6. The maximum Gasteiger partial charge on any atom is 0.328 e. The Morgan fingerprint density at radius 3 is 2.41 bits per heavy atom. The van der Waals surface area contributed by atoms with Gasteiger partial charge in [-0.05, 0) is 25.7 Å². The van der Waals surface area contributed by atoms with Crippen molar-refractivity contribution in [2.75, 3.05) is 0 Å². The first-order chi connectivity index (χ1) is 10.6. The highest BCUT2D eigenvalue weighted by Crippen LogP contribution is 2.10. The van der Waals surface area contributed by atoms with Gasteiger partial charge in [0.15, 0.2) is 5.78 Å². The molecule has 0 aromatic carbocycles. The van der Waals surface area contributed by atoms with Gasteiger partial charge in [-0.3, -0.25) is 4.79 Å². The third-order valence-electron chi connectivity index (χ3n) is 3.48. The van der Waals surface area contributed by atoms with Crippen LogP contribution in [-0.4, -0.2) is 28.1 Å². The number of carboxylic acids is 1. The molecule has 0 saturated carbocycles. The molecular formula is C18H30O4. The number of aliphatic carboxylic acids is 1. The van der Waals surface area contributed by atoms with E-state index in [1.165, 1.54) is 6.08 Å². The van der Waals surface area contributed by atoms with Crippen molar-refractivity contribution in [2.24, 2.45) is 0 Å². The van der Waals surface area contributed by atoms with Crippen molar-refractivity contribution in [3.05, 3.63) is 24.3 Å². The first-order valence-corrected chi connectivity index (χ1v) is 8.34. The Kier molecular flexibility index (Phi) is 13.6. The summed E-state index contributed by atoms with van der Waals surface area (Å²) in [5.74, 6) is -0.957. The minimum atomic E-state index is -0.939. The number of hydrogen-bond donors (Lipinski definition) is 2. The number of unbranched alkanes of at least 4 members (excludes halogenated alkanes) is 6. The zero-order valence-corrected chi connectivity index (χ0v) is 13.7. The van der Waals surface area contributed by atoms with Gasteiger partial charge in [0, 0.05) is 12.5 Å². The molecule has 0 heterocycles. The van der Waals surface area contributed by atoms with Crippen LogP contribution in [0.5, 0.6) is 0 Å². The number of ketones is 1. The molecule has 0 aromatic heterocycles. The summed E-state index contributed by atoms with van der Waals surface area (Å²) in [4.78, 5) is 21.9. The van der Waals surface area contributed by atoms with Gasteiger partial charge in [-0.1, -0.05) is 57.3 Å². The van der Waals surface area contributed by atoms with Gasteiger partial charge in [-0.25, -0.2) is 4.79 Å². The number of rotatable bonds is 14. The van der Waals surface area contributed by atoms with Gasteiger partial charge in [0.25, 0.3) is 0 Å². The van der Waals surface area contributed by atoms with Crippen molar-refractivity contribution in [3.63, 3.8) is 0 Å². The van der Waals surface area contributed by atoms with E-state index in [9.17, 15) is 14.7 Å². The van der Waals surface area contributed by atoms with E-state index in [0.29, 0.717) is 12.8 Å². The lowest BCUT2D eigenvalue weighted by Crippen LogP contribution is -2.19. The van der Waals surface area contributed by atoms with Gasteiger partial charge in [-0.15, -0.1) is 0 Å². The van der Waals surface area contributed by atoms with Crippen molar-refractivity contribution in [3.8, 4) is 0 Å². The fraction of sp³-hybridized carbons (Fsp3) is 0.667. The third kappa shape index (κ3) is 13.6. The number of aliphatic hydroxyl groups is 1. The van der Waals surface area contributed by atoms with Gasteiger partial charge in [0.1, 0.15) is 6.10 Å². The van der Waals surface area contributed by atoms with E-state index in [0.717, 1.165) is 57.4 Å². The standard InChI is InChI=1S/C18H30O4/c1-2-3-10-13-16(19)17(20)14-11-8-6-4-5-7-9-12-15-18(21)22/h7,9,12,15-16,19H,2-6,8,10-11,13-14H2,1H3,(H,21,22). The molecule has 0 spiro atoms. The van der Waals surface area contributed by atoms with Gasteiger partial charge in [-0.2, -0.15) is 0 Å². The predicted molar refractivity (Wildman–Crippen MR) is 88.8 cm³/mol. The number of carbonyl (C=O) groups excluding carboxylic acids is 1. The summed E-state index contributed by atoms with van der Waals surface area (Å²) < 4.78 is 0. The first-order valence-electron chi connectivity index (χ1n) is 8.34. The number of hydrogen-bond acceptors (Lipinski definition) is 3. The molecule has 0 amide bonds. The normalized spacial score (nSPS) is 13.0. The first kappa shape index (κ1) is 20.6. The Bertz CT molecular complexity index is 358. The lowest BCUT2D eigenvalue weighted by atomic mass is 10.0. The van der Waals surface area contributed by atoms with Crippen LogP contribution in [0.25, 0.3) is 0 Å². The Hall–Kier alpha value is -1.42. The predicted octanol–water partition coefficient (Wildman–Crippen LogP) is 4.03. The highest BCUT2D eigenvalue weighted by molar-refractivity contribution is 5.82. The number of aliphatic hydroxyl groups excluding tert-OH is 1. The molecule has 0 aliphatic heterocycles. The highest BCUT2D eigenvalue weighted by atomic mass is 16.4. The van der Waals surface area contributed by atoms with Crippen LogP contribution >= 0.6 is 0 Å². The summed E-state index contributed by atoms with van der Waals surface area (Å²) in [5, 5.41) is 18.1. The molecule has 0 bridgehead atoms. The Morgan fingerprint density at radius 1 is 1.00 bits per heavy atom. The average Bonchev–Trinajstić information content (AvgIpc) is 2.48. The minimum Gasteiger partial charge on any atom is -0.478 e. The Balaban J connectivity index is 3.48. The molecule has 0 aromatic rings. The molecule has 0 radical (unpaired) electrons. The van der Waals surface area contributed by atoms with Gasteiger partial charge < -0.3 is 10.2 Å². The van der Waals surface area contributed by atoms with E-state index < -0.39 is 12.1 Å². The molecule has 4 heteroatoms. The Labute approximate surface area is 133 Å². The van der Waals surface area contributed by atoms with Crippen LogP contribution in [0.3, 0.4) is 0 Å². The van der Waals surface area contributed by atoms with Crippen molar-refractivity contribution in [1.29, 1.82) is 0 Å². The number of allylic oxidation sites excluding steroid dienone is 3. The summed E-state index contributed by atoms with van der Waals surface area (Å²) >= 11 is 0. The van der Waals surface area contributed by atoms with Crippen LogP contribution in [0.4, 0.5) is 0 Å². The quantitative estimate of drug-likeness (QED) is 0.288. The highest BCUT2D eigenvalue weighted by Gasteiger charge is 2.13. The van der Waals surface area contributed by atoms with Gasteiger partial charge in [0.05, 0.1) is 0 Å². The average molecular weight is 310 g/mol. The molecule has 1 atom stereocenters. The van der Waals surface area contributed by atoms with Crippen LogP contribution in [0.15, 0.2) is 24.3 Å². The minimum absolute atomic E-state index is 0.0187. The molecule has 1 unspecified atom stereocenters. The van der Waals surface area contributed by atoms with E-state index in [-0.39, 0.29) is 5.78 Å². The largest absolute Gasteiger partial charge is 0.478 e. The summed E-state index contributed by atoms with van der Waals surface area (Å²) in [6, 6.07) is 0. The topological polar surface area (TPSA) is 74.6 Å². The van der Waals surface area contributed by atoms with E-state index >= 15 is 0 Å². The second-order valence-electron chi connectivity index (χ2n) is 5.56. The van der Waals surface area contributed by atoms with Gasteiger partial charge in [0.2, 0.25) is 0 Å². The molecule has 0 saturated heterocycles. The van der Waals surface area contributed by atoms with E-state index in [2.05, 4.69) is 6.92 Å². The second kappa shape index (κ2) is 14.5. The molecule has 4 nitrogen and oxygen atoms in total. The van der Waals surface area contributed by atoms with E-state index in [4.69, 9.17) is 5.11 Å². The Morgan fingerprint density at radius 2 is 1.73 bits per heavy atom. The molecular weight excluding hydrogens is 280 g/mol. The summed E-state index contributed by atoms with van der Waals surface area (Å²) in [5.41, 5.74) is 0. The summed E-state index contributed by atoms with van der Waals surface area (Å²) in [7, 11) is 0. The van der Waals surface area contributed by atoms with Crippen LogP contribution < -0.4 is 0 Å². The molecule has 126 valence electrons. The van der Waals surface area contributed by atoms with E-state index in [1.807, 2.05) is 6.08 Å². The summed E-state index contributed by atoms with van der Waals surface area (Å²) in [6.07, 6.45) is 14.5. The maximum atomic E-state index is 11.7. The van der Waals surface area contributed by atoms with Gasteiger partial charge >= 0.3 is 5.97 Å². The van der Waals surface area contributed by atoms with Crippen LogP contribution in [0.2, 0.25) is 0 Å². The zero-order valence-electron chi connectivity index (χ0n) is 13.7. The van der Waals surface area contributed by atoms with Crippen LogP contribution in [0, 0.1) is 0 Å². The van der Waals surface area contributed by atoms with Crippen molar-refractivity contribution in [1.82, 2.24) is 0 Å². The number of carbonyl (C=O) groups is 2. The molecule has 0 fully saturated rings. The van der Waals surface area contributed by atoms with Crippen molar-refractivity contribution >= 4 is 11.8 Å². The molecule has 2 N–H and O–H groups in total. The third-order valence-corrected chi connectivity index (χ3v) is 3.48. The lowest BCUT2D eigenvalue weighted by Gasteiger charge is -2.08. The van der Waals surface area contributed by atoms with Crippen LogP contribution in [-0.2, 0) is 9.59 Å². The fourth-order valence-electron chi connectivity index (χ4n) is 2.14. The second-order valence-corrected chi connectivity index (χ2v) is 5.56. The van der Waals surface area contributed by atoms with E-state index in [1.54, 1.807) is 6.08 Å². The maximum absolute atomic E-state index is 11.7. The molecule has 0 aliphatic carbocycles. The summed E-state index contributed by atoms with van der Waals surface area (Å²) in [6.45, 7) is 2.10. The molecule has 0 rings (SSSR count). The molecule has 22 heavy (non-hydrogen) atoms. The van der Waals surface area contributed by atoms with Crippen molar-refractivity contribution < 1.29 is 19.8 Å². The smallest absolute Gasteiger partial charge is 0.328 e. The fourth-order valence-corrected chi connectivity index (χ4v) is 2.14. The number of Topliss-reactive ketones (excluding diaryl/α,β-unsaturated/α-hetero) is 1. The molecule has 0 aliphatic rings. The van der Waals surface area contributed by atoms with Crippen molar-refractivity contribution in [2.45, 2.75) is 77.2 Å². The SMILES string of the molecule is CCCCCC(O)C(=O)CCCCCCC=CC=CC(=O)O. The number of carboxylic acid groups (broad SMARTS) is 1.